The average molecular weight is 264 g/mol. The molecule has 5 heteroatoms. The number of aromatic hydroxyl groups is 2. The van der Waals surface area contributed by atoms with Crippen LogP contribution in [0.4, 0.5) is 5.69 Å². The zero-order chi connectivity index (χ0) is 13.1. The lowest BCUT2D eigenvalue weighted by atomic mass is 10.2. The summed E-state index contributed by atoms with van der Waals surface area (Å²) in [6, 6.07) is 12.2. The quantitative estimate of drug-likeness (QED) is 0.819. The van der Waals surface area contributed by atoms with Gasteiger partial charge >= 0.3 is 0 Å². The number of hydrogen-bond donors (Lipinski definition) is 2. The molecule has 0 fully saturated rings. The van der Waals surface area contributed by atoms with Gasteiger partial charge in [0.2, 0.25) is 0 Å². The van der Waals surface area contributed by atoms with Crippen molar-refractivity contribution in [3.8, 4) is 11.5 Å². The van der Waals surface area contributed by atoms with Crippen LogP contribution in [0.2, 0.25) is 0 Å². The van der Waals surface area contributed by atoms with Crippen LogP contribution in [-0.2, 0) is 0 Å². The van der Waals surface area contributed by atoms with E-state index >= 15 is 0 Å². The van der Waals surface area contributed by atoms with Gasteiger partial charge in [-0.25, -0.2) is 4.42 Å². The number of phenolic OH excluding ortho intramolecular Hbond substituents is 2. The predicted octanol–water partition coefficient (Wildman–Crippen LogP) is 2.90. The molecule has 0 saturated carbocycles. The second kappa shape index (κ2) is 4.98. The first-order valence-electron chi connectivity index (χ1n) is 5.17. The van der Waals surface area contributed by atoms with Crippen LogP contribution in [0.25, 0.3) is 0 Å². The standard InChI is InChI=1S/C13H10ClNO3/c14-15(10-6-2-4-8-12(10)17)13(18)9-5-1-3-7-11(9)16/h1-8,16-17H. The fraction of sp³-hybridized carbons (Fsp3) is 0. The van der Waals surface area contributed by atoms with Gasteiger partial charge in [0.15, 0.2) is 0 Å². The molecule has 0 aliphatic rings. The van der Waals surface area contributed by atoms with Crippen LogP contribution >= 0.6 is 11.8 Å². The van der Waals surface area contributed by atoms with E-state index in [2.05, 4.69) is 0 Å². The van der Waals surface area contributed by atoms with Crippen LogP contribution in [0.5, 0.6) is 11.5 Å². The molecule has 0 heterocycles. The van der Waals surface area contributed by atoms with E-state index in [4.69, 9.17) is 11.8 Å². The normalized spacial score (nSPS) is 10.1. The summed E-state index contributed by atoms with van der Waals surface area (Å²) >= 11 is 5.88. The lowest BCUT2D eigenvalue weighted by Gasteiger charge is -2.15. The largest absolute Gasteiger partial charge is 0.507 e. The first kappa shape index (κ1) is 12.3. The summed E-state index contributed by atoms with van der Waals surface area (Å²) in [5.74, 6) is -0.892. The van der Waals surface area contributed by atoms with Crippen molar-refractivity contribution in [2.75, 3.05) is 4.42 Å². The second-order valence-corrected chi connectivity index (χ2v) is 3.93. The van der Waals surface area contributed by atoms with Crippen molar-refractivity contribution in [2.45, 2.75) is 0 Å². The van der Waals surface area contributed by atoms with Gasteiger partial charge in [-0.3, -0.25) is 4.79 Å². The number of para-hydroxylation sites is 3. The zero-order valence-corrected chi connectivity index (χ0v) is 10.0. The molecular weight excluding hydrogens is 254 g/mol. The van der Waals surface area contributed by atoms with Gasteiger partial charge in [0, 0.05) is 11.8 Å². The summed E-state index contributed by atoms with van der Waals surface area (Å²) in [4.78, 5) is 12.0. The van der Waals surface area contributed by atoms with Crippen LogP contribution in [-0.4, -0.2) is 16.1 Å². The number of carbonyl (C=O) groups excluding carboxylic acids is 1. The summed E-state index contributed by atoms with van der Waals surface area (Å²) < 4.78 is 0.768. The Hall–Kier alpha value is -2.20. The topological polar surface area (TPSA) is 60.8 Å². The Morgan fingerprint density at radius 1 is 0.944 bits per heavy atom. The fourth-order valence-electron chi connectivity index (χ4n) is 1.50. The number of anilines is 1. The van der Waals surface area contributed by atoms with Crippen molar-refractivity contribution < 1.29 is 15.0 Å². The minimum atomic E-state index is -0.615. The Balaban J connectivity index is 2.36. The van der Waals surface area contributed by atoms with Gasteiger partial charge in [-0.15, -0.1) is 0 Å². The number of rotatable bonds is 2. The van der Waals surface area contributed by atoms with Crippen molar-refractivity contribution in [3.63, 3.8) is 0 Å². The van der Waals surface area contributed by atoms with Crippen molar-refractivity contribution in [1.82, 2.24) is 0 Å². The van der Waals surface area contributed by atoms with Crippen molar-refractivity contribution in [2.24, 2.45) is 0 Å². The number of halogens is 1. The number of phenols is 2. The molecule has 0 saturated heterocycles. The van der Waals surface area contributed by atoms with E-state index < -0.39 is 5.91 Å². The lowest BCUT2D eigenvalue weighted by Crippen LogP contribution is -2.20. The highest BCUT2D eigenvalue weighted by Crippen LogP contribution is 2.30. The molecule has 0 atom stereocenters. The molecule has 0 aliphatic carbocycles. The fourth-order valence-corrected chi connectivity index (χ4v) is 1.73. The van der Waals surface area contributed by atoms with Gasteiger partial charge in [-0.05, 0) is 24.3 Å². The predicted molar refractivity (Wildman–Crippen MR) is 68.9 cm³/mol. The van der Waals surface area contributed by atoms with Gasteiger partial charge in [0.1, 0.15) is 17.2 Å². The number of nitrogens with zero attached hydrogens (tertiary/aromatic N) is 1. The molecule has 1 amide bonds. The van der Waals surface area contributed by atoms with E-state index in [0.29, 0.717) is 0 Å². The molecule has 2 N–H and O–H groups in total. The third-order valence-corrected chi connectivity index (χ3v) is 2.74. The van der Waals surface area contributed by atoms with Crippen molar-refractivity contribution in [3.05, 3.63) is 54.1 Å². The van der Waals surface area contributed by atoms with E-state index in [1.165, 1.54) is 24.3 Å². The van der Waals surface area contributed by atoms with Crippen molar-refractivity contribution >= 4 is 23.4 Å². The van der Waals surface area contributed by atoms with Crippen LogP contribution in [0.15, 0.2) is 48.5 Å². The minimum Gasteiger partial charge on any atom is -0.507 e. The Morgan fingerprint density at radius 2 is 1.50 bits per heavy atom. The molecular formula is C13H10ClNO3. The molecule has 18 heavy (non-hydrogen) atoms. The van der Waals surface area contributed by atoms with E-state index in [0.717, 1.165) is 4.42 Å². The zero-order valence-electron chi connectivity index (χ0n) is 9.25. The molecule has 2 aromatic rings. The number of amides is 1. The molecule has 0 radical (unpaired) electrons. The SMILES string of the molecule is O=C(c1ccccc1O)N(Cl)c1ccccc1O. The number of hydrogen-bond acceptors (Lipinski definition) is 3. The highest BCUT2D eigenvalue weighted by molar-refractivity contribution is 6.39. The minimum absolute atomic E-state index is 0.0655. The Kier molecular flexibility index (Phi) is 3.39. The molecule has 0 bridgehead atoms. The monoisotopic (exact) mass is 263 g/mol. The van der Waals surface area contributed by atoms with Gasteiger partial charge in [0.05, 0.1) is 5.56 Å². The van der Waals surface area contributed by atoms with Crippen LogP contribution in [0.1, 0.15) is 10.4 Å². The summed E-state index contributed by atoms with van der Waals surface area (Å²) in [6.07, 6.45) is 0. The Bertz CT molecular complexity index is 586. The highest BCUT2D eigenvalue weighted by Gasteiger charge is 2.20. The van der Waals surface area contributed by atoms with Crippen LogP contribution < -0.4 is 4.42 Å². The molecule has 92 valence electrons. The smallest absolute Gasteiger partial charge is 0.276 e. The summed E-state index contributed by atoms with van der Waals surface area (Å²) in [5, 5.41) is 19.2. The number of carbonyl (C=O) groups is 1. The summed E-state index contributed by atoms with van der Waals surface area (Å²) in [6.45, 7) is 0. The maximum atomic E-state index is 12.0. The highest BCUT2D eigenvalue weighted by atomic mass is 35.5. The third kappa shape index (κ3) is 2.24. The molecule has 0 spiro atoms. The molecule has 0 aliphatic heterocycles. The maximum absolute atomic E-state index is 12.0. The first-order valence-corrected chi connectivity index (χ1v) is 5.51. The van der Waals surface area contributed by atoms with Crippen molar-refractivity contribution in [1.29, 1.82) is 0 Å². The molecule has 0 unspecified atom stereocenters. The molecule has 2 aromatic carbocycles. The van der Waals surface area contributed by atoms with Gasteiger partial charge < -0.3 is 10.2 Å². The van der Waals surface area contributed by atoms with E-state index in [1.54, 1.807) is 24.3 Å². The second-order valence-electron chi connectivity index (χ2n) is 3.59. The van der Waals surface area contributed by atoms with Crippen LogP contribution in [0.3, 0.4) is 0 Å². The molecule has 0 aromatic heterocycles. The lowest BCUT2D eigenvalue weighted by molar-refractivity contribution is 0.100. The van der Waals surface area contributed by atoms with Gasteiger partial charge in [-0.2, -0.15) is 0 Å². The first-order chi connectivity index (χ1) is 8.61. The van der Waals surface area contributed by atoms with Gasteiger partial charge in [0.25, 0.3) is 5.91 Å². The van der Waals surface area contributed by atoms with E-state index in [1.807, 2.05) is 0 Å². The number of benzene rings is 2. The summed E-state index contributed by atoms with van der Waals surface area (Å²) in [5.41, 5.74) is 0.225. The van der Waals surface area contributed by atoms with E-state index in [-0.39, 0.29) is 22.7 Å². The Labute approximate surface area is 109 Å². The maximum Gasteiger partial charge on any atom is 0.276 e. The Morgan fingerprint density at radius 3 is 2.11 bits per heavy atom. The van der Waals surface area contributed by atoms with E-state index in [9.17, 15) is 15.0 Å². The molecule has 4 nitrogen and oxygen atoms in total. The molecule has 2 rings (SSSR count). The average Bonchev–Trinajstić information content (AvgIpc) is 2.38. The van der Waals surface area contributed by atoms with Gasteiger partial charge in [-0.1, -0.05) is 24.3 Å². The van der Waals surface area contributed by atoms with Crippen LogP contribution in [0, 0.1) is 0 Å². The summed E-state index contributed by atoms with van der Waals surface area (Å²) in [7, 11) is 0. The third-order valence-electron chi connectivity index (χ3n) is 2.41.